The largest absolute Gasteiger partial charge is 0.406 e. The van der Waals surface area contributed by atoms with E-state index in [1.807, 2.05) is 20.8 Å². The van der Waals surface area contributed by atoms with Crippen LogP contribution >= 0.6 is 0 Å². The first-order valence-electron chi connectivity index (χ1n) is 7.48. The lowest BCUT2D eigenvalue weighted by Gasteiger charge is -2.21. The zero-order chi connectivity index (χ0) is 19.0. The van der Waals surface area contributed by atoms with Crippen molar-refractivity contribution in [3.8, 4) is 0 Å². The lowest BCUT2D eigenvalue weighted by atomic mass is 10.1. The number of carbonyl (C=O) groups is 2. The Morgan fingerprint density at radius 2 is 1.71 bits per heavy atom. The summed E-state index contributed by atoms with van der Waals surface area (Å²) in [6, 6.07) is 0. The van der Waals surface area contributed by atoms with Gasteiger partial charge in [-0.25, -0.2) is 4.99 Å². The molecular weight excluding hydrogens is 327 g/mol. The molecule has 0 aliphatic rings. The van der Waals surface area contributed by atoms with Crippen molar-refractivity contribution < 1.29 is 22.8 Å². The first-order valence-corrected chi connectivity index (χ1v) is 7.48. The van der Waals surface area contributed by atoms with Gasteiger partial charge < -0.3 is 20.9 Å². The monoisotopic (exact) mass is 353 g/mol. The summed E-state index contributed by atoms with van der Waals surface area (Å²) in [6.07, 6.45) is -4.45. The summed E-state index contributed by atoms with van der Waals surface area (Å²) in [7, 11) is 1.07. The van der Waals surface area contributed by atoms with Crippen molar-refractivity contribution in [2.75, 3.05) is 33.2 Å². The second-order valence-corrected chi connectivity index (χ2v) is 6.21. The van der Waals surface area contributed by atoms with E-state index in [-0.39, 0.29) is 25.0 Å². The van der Waals surface area contributed by atoms with Crippen LogP contribution in [-0.2, 0) is 9.59 Å². The average molecular weight is 353 g/mol. The molecule has 2 amide bonds. The molecule has 0 saturated carbocycles. The number of likely N-dealkylation sites (N-methyl/N-ethyl adjacent to an activating group) is 1. The molecule has 0 bridgehead atoms. The number of halogens is 3. The summed E-state index contributed by atoms with van der Waals surface area (Å²) in [5.41, 5.74) is -0.394. The maximum absolute atomic E-state index is 12.2. The third-order valence-electron chi connectivity index (χ3n) is 2.49. The van der Waals surface area contributed by atoms with Crippen LogP contribution in [0.2, 0.25) is 0 Å². The van der Waals surface area contributed by atoms with Crippen LogP contribution < -0.4 is 16.0 Å². The minimum absolute atomic E-state index is 0.167. The molecule has 140 valence electrons. The van der Waals surface area contributed by atoms with Gasteiger partial charge in [-0.15, -0.1) is 0 Å². The van der Waals surface area contributed by atoms with E-state index in [2.05, 4.69) is 20.9 Å². The van der Waals surface area contributed by atoms with Crippen LogP contribution in [0.3, 0.4) is 0 Å². The van der Waals surface area contributed by atoms with Crippen LogP contribution in [-0.4, -0.2) is 67.6 Å². The second kappa shape index (κ2) is 9.33. The van der Waals surface area contributed by atoms with E-state index >= 15 is 0 Å². The van der Waals surface area contributed by atoms with Crippen LogP contribution in [0, 0.1) is 0 Å². The number of guanidine groups is 1. The van der Waals surface area contributed by atoms with Gasteiger partial charge in [0.05, 0.1) is 6.54 Å². The predicted octanol–water partition coefficient (Wildman–Crippen LogP) is 0.477. The number of hydrogen-bond acceptors (Lipinski definition) is 3. The Morgan fingerprint density at radius 3 is 2.17 bits per heavy atom. The van der Waals surface area contributed by atoms with Crippen LogP contribution in [0.25, 0.3) is 0 Å². The van der Waals surface area contributed by atoms with Crippen molar-refractivity contribution in [3.63, 3.8) is 0 Å². The van der Waals surface area contributed by atoms with Gasteiger partial charge in [-0.3, -0.25) is 9.59 Å². The van der Waals surface area contributed by atoms with Crippen molar-refractivity contribution in [3.05, 3.63) is 0 Å². The fourth-order valence-corrected chi connectivity index (χ4v) is 1.60. The van der Waals surface area contributed by atoms with E-state index in [0.717, 1.165) is 7.05 Å². The summed E-state index contributed by atoms with van der Waals surface area (Å²) < 4.78 is 36.7. The van der Waals surface area contributed by atoms with Gasteiger partial charge in [0, 0.05) is 19.1 Å². The predicted molar refractivity (Wildman–Crippen MR) is 85.6 cm³/mol. The van der Waals surface area contributed by atoms with Crippen molar-refractivity contribution in [2.45, 2.75) is 39.4 Å². The summed E-state index contributed by atoms with van der Waals surface area (Å²) >= 11 is 0. The van der Waals surface area contributed by atoms with Crippen molar-refractivity contribution in [1.82, 2.24) is 20.9 Å². The van der Waals surface area contributed by atoms with Gasteiger partial charge in [0.25, 0.3) is 0 Å². The van der Waals surface area contributed by atoms with E-state index in [9.17, 15) is 22.8 Å². The van der Waals surface area contributed by atoms with Crippen molar-refractivity contribution in [1.29, 1.82) is 0 Å². The summed E-state index contributed by atoms with van der Waals surface area (Å²) in [5.74, 6) is -0.868. The summed E-state index contributed by atoms with van der Waals surface area (Å²) in [4.78, 5) is 27.9. The molecule has 0 rings (SSSR count). The van der Waals surface area contributed by atoms with Gasteiger partial charge in [-0.05, 0) is 27.7 Å². The number of alkyl halides is 3. The minimum Gasteiger partial charge on any atom is -0.357 e. The molecule has 0 fully saturated rings. The fraction of sp³-hybridized carbons (Fsp3) is 0.786. The van der Waals surface area contributed by atoms with Gasteiger partial charge in [-0.2, -0.15) is 13.2 Å². The van der Waals surface area contributed by atoms with Gasteiger partial charge in [0.2, 0.25) is 11.8 Å². The number of amides is 2. The minimum atomic E-state index is -4.45. The lowest BCUT2D eigenvalue weighted by molar-refractivity contribution is -0.157. The molecule has 0 radical (unpaired) electrons. The summed E-state index contributed by atoms with van der Waals surface area (Å²) in [5, 5.41) is 8.14. The Kier molecular flexibility index (Phi) is 8.56. The summed E-state index contributed by atoms with van der Waals surface area (Å²) in [6.45, 7) is 5.88. The number of carbonyl (C=O) groups excluding carboxylic acids is 2. The molecule has 0 heterocycles. The Morgan fingerprint density at radius 1 is 1.12 bits per heavy atom. The first kappa shape index (κ1) is 22.0. The number of nitrogens with one attached hydrogen (secondary N) is 3. The Hall–Kier alpha value is -2.00. The standard InChI is InChI=1S/C14H26F3N5O2/c1-6-18-12(19-7-10(23)21-13(2,3)4)20-8-11(24)22(5)9-14(15,16)17/h6-9H2,1-5H3,(H,21,23)(H2,18,19,20). The number of hydrogen-bond donors (Lipinski definition) is 3. The Balaban J connectivity index is 4.55. The SMILES string of the molecule is CCNC(=NCC(=O)NC(C)(C)C)NCC(=O)N(C)CC(F)(F)F. The van der Waals surface area contributed by atoms with Crippen LogP contribution in [0.4, 0.5) is 13.2 Å². The maximum atomic E-state index is 12.2. The molecule has 0 atom stereocenters. The Labute approximate surface area is 140 Å². The molecule has 0 aromatic heterocycles. The number of nitrogens with zero attached hydrogens (tertiary/aromatic N) is 2. The third kappa shape index (κ3) is 11.6. The molecule has 0 aliphatic carbocycles. The third-order valence-corrected chi connectivity index (χ3v) is 2.49. The van der Waals surface area contributed by atoms with E-state index in [4.69, 9.17) is 0 Å². The quantitative estimate of drug-likeness (QED) is 0.479. The highest BCUT2D eigenvalue weighted by Crippen LogP contribution is 2.15. The van der Waals surface area contributed by atoms with Gasteiger partial charge in [0.15, 0.2) is 5.96 Å². The second-order valence-electron chi connectivity index (χ2n) is 6.21. The number of rotatable bonds is 6. The smallest absolute Gasteiger partial charge is 0.357 e. The zero-order valence-corrected chi connectivity index (χ0v) is 14.7. The van der Waals surface area contributed by atoms with Crippen molar-refractivity contribution in [2.24, 2.45) is 4.99 Å². The topological polar surface area (TPSA) is 85.8 Å². The van der Waals surface area contributed by atoms with E-state index in [0.29, 0.717) is 11.4 Å². The van der Waals surface area contributed by atoms with Gasteiger partial charge in [-0.1, -0.05) is 0 Å². The average Bonchev–Trinajstić information content (AvgIpc) is 2.37. The molecule has 10 heteroatoms. The lowest BCUT2D eigenvalue weighted by Crippen LogP contribution is -2.46. The van der Waals surface area contributed by atoms with Crippen LogP contribution in [0.5, 0.6) is 0 Å². The molecule has 0 spiro atoms. The van der Waals surface area contributed by atoms with Gasteiger partial charge in [0.1, 0.15) is 13.1 Å². The molecule has 3 N–H and O–H groups in total. The van der Waals surface area contributed by atoms with E-state index in [1.165, 1.54) is 0 Å². The molecule has 0 unspecified atom stereocenters. The highest BCUT2D eigenvalue weighted by atomic mass is 19.4. The van der Waals surface area contributed by atoms with Gasteiger partial charge >= 0.3 is 6.18 Å². The Bertz CT molecular complexity index is 458. The molecule has 0 aromatic rings. The molecule has 0 aliphatic heterocycles. The maximum Gasteiger partial charge on any atom is 0.406 e. The molecule has 0 saturated heterocycles. The highest BCUT2D eigenvalue weighted by molar-refractivity contribution is 5.88. The first-order chi connectivity index (χ1) is 10.8. The van der Waals surface area contributed by atoms with E-state index < -0.39 is 24.2 Å². The fourth-order valence-electron chi connectivity index (χ4n) is 1.60. The molecular formula is C14H26F3N5O2. The zero-order valence-electron chi connectivity index (χ0n) is 14.7. The molecule has 0 aromatic carbocycles. The highest BCUT2D eigenvalue weighted by Gasteiger charge is 2.31. The number of aliphatic imine (C=N–C) groups is 1. The van der Waals surface area contributed by atoms with E-state index in [1.54, 1.807) is 6.92 Å². The van der Waals surface area contributed by atoms with Crippen LogP contribution in [0.1, 0.15) is 27.7 Å². The van der Waals surface area contributed by atoms with Crippen molar-refractivity contribution >= 4 is 17.8 Å². The normalized spacial score (nSPS) is 12.6. The molecule has 7 nitrogen and oxygen atoms in total. The molecule has 24 heavy (non-hydrogen) atoms. The van der Waals surface area contributed by atoms with Crippen LogP contribution in [0.15, 0.2) is 4.99 Å².